The van der Waals surface area contributed by atoms with E-state index >= 15 is 0 Å². The molecular formula is C13H14N8O2S. The zero-order valence-corrected chi connectivity index (χ0v) is 13.1. The molecule has 0 spiro atoms. The zero-order valence-electron chi connectivity index (χ0n) is 12.3. The smallest absolute Gasteiger partial charge is 0.225 e. The monoisotopic (exact) mass is 346 g/mol. The Bertz CT molecular complexity index is 1010. The fraction of sp³-hybridized carbons (Fsp3) is 0.0769. The summed E-state index contributed by atoms with van der Waals surface area (Å²) in [5.41, 5.74) is 13.8. The number of nitrogens with zero attached hydrogens (tertiary/aromatic N) is 3. The summed E-state index contributed by atoms with van der Waals surface area (Å²) in [7, 11) is -3.92. The molecule has 3 aromatic rings. The van der Waals surface area contributed by atoms with Gasteiger partial charge < -0.3 is 0 Å². The summed E-state index contributed by atoms with van der Waals surface area (Å²) in [4.78, 5) is 0.0266. The number of primary sulfonamides is 1. The van der Waals surface area contributed by atoms with Gasteiger partial charge in [-0.2, -0.15) is 25.9 Å². The molecule has 4 rings (SSSR count). The SMILES string of the molecule is NS(=O)(=O)c1cccc(-c2cnn3ncccc23)c1C1NNNN1. The second-order valence-electron chi connectivity index (χ2n) is 5.19. The first-order valence-corrected chi connectivity index (χ1v) is 8.56. The van der Waals surface area contributed by atoms with Gasteiger partial charge >= 0.3 is 0 Å². The largest absolute Gasteiger partial charge is 0.238 e. The van der Waals surface area contributed by atoms with Crippen molar-refractivity contribution in [1.29, 1.82) is 0 Å². The van der Waals surface area contributed by atoms with Gasteiger partial charge in [-0.3, -0.25) is 0 Å². The van der Waals surface area contributed by atoms with Gasteiger partial charge in [0.1, 0.15) is 6.17 Å². The predicted molar refractivity (Wildman–Crippen MR) is 85.1 cm³/mol. The van der Waals surface area contributed by atoms with E-state index in [2.05, 4.69) is 32.1 Å². The van der Waals surface area contributed by atoms with E-state index in [0.717, 1.165) is 11.1 Å². The third kappa shape index (κ3) is 2.45. The molecule has 2 aromatic heterocycles. The van der Waals surface area contributed by atoms with Crippen LogP contribution >= 0.6 is 0 Å². The van der Waals surface area contributed by atoms with Crippen molar-refractivity contribution in [1.82, 2.24) is 36.7 Å². The molecule has 1 fully saturated rings. The van der Waals surface area contributed by atoms with E-state index in [-0.39, 0.29) is 4.90 Å². The molecule has 0 atom stereocenters. The molecule has 0 bridgehead atoms. The minimum Gasteiger partial charge on any atom is -0.225 e. The molecule has 1 aliphatic heterocycles. The van der Waals surface area contributed by atoms with E-state index in [0.29, 0.717) is 11.1 Å². The zero-order chi connectivity index (χ0) is 16.7. The molecule has 3 heterocycles. The number of nitrogens with two attached hydrogens (primary N) is 1. The number of hydrogen-bond acceptors (Lipinski definition) is 8. The number of benzene rings is 1. The Balaban J connectivity index is 2.01. The topological polar surface area (TPSA) is 138 Å². The van der Waals surface area contributed by atoms with E-state index < -0.39 is 16.2 Å². The summed E-state index contributed by atoms with van der Waals surface area (Å²) in [5.74, 6) is 0. The predicted octanol–water partition coefficient (Wildman–Crippen LogP) is -0.841. The van der Waals surface area contributed by atoms with Crippen LogP contribution in [0.5, 0.6) is 0 Å². The van der Waals surface area contributed by atoms with Gasteiger partial charge in [0.25, 0.3) is 0 Å². The lowest BCUT2D eigenvalue weighted by molar-refractivity contribution is 0.541. The first-order chi connectivity index (χ1) is 11.6. The average Bonchev–Trinajstić information content (AvgIpc) is 3.23. The summed E-state index contributed by atoms with van der Waals surface area (Å²) < 4.78 is 25.6. The van der Waals surface area contributed by atoms with E-state index in [1.807, 2.05) is 12.1 Å². The lowest BCUT2D eigenvalue weighted by Gasteiger charge is -2.18. The average molecular weight is 346 g/mol. The molecule has 1 aliphatic rings. The molecule has 10 nitrogen and oxygen atoms in total. The van der Waals surface area contributed by atoms with Crippen molar-refractivity contribution in [3.63, 3.8) is 0 Å². The van der Waals surface area contributed by atoms with Crippen LogP contribution in [0.1, 0.15) is 11.7 Å². The number of rotatable bonds is 3. The number of hydrogen-bond donors (Lipinski definition) is 5. The summed E-state index contributed by atoms with van der Waals surface area (Å²) in [6.07, 6.45) is 2.75. The second-order valence-corrected chi connectivity index (χ2v) is 6.72. The lowest BCUT2D eigenvalue weighted by atomic mass is 9.99. The van der Waals surface area contributed by atoms with Crippen molar-refractivity contribution in [2.45, 2.75) is 11.1 Å². The molecule has 1 aromatic carbocycles. The molecule has 0 amide bonds. The van der Waals surface area contributed by atoms with Crippen molar-refractivity contribution >= 4 is 15.5 Å². The van der Waals surface area contributed by atoms with Gasteiger partial charge in [0.2, 0.25) is 10.0 Å². The first kappa shape index (κ1) is 15.1. The van der Waals surface area contributed by atoms with Crippen LogP contribution in [0.25, 0.3) is 16.6 Å². The molecule has 124 valence electrons. The van der Waals surface area contributed by atoms with E-state index in [4.69, 9.17) is 5.14 Å². The number of aromatic nitrogens is 3. The Morgan fingerprint density at radius 3 is 2.58 bits per heavy atom. The van der Waals surface area contributed by atoms with E-state index in [9.17, 15) is 8.42 Å². The highest BCUT2D eigenvalue weighted by Crippen LogP contribution is 2.34. The van der Waals surface area contributed by atoms with Gasteiger partial charge in [0.15, 0.2) is 0 Å². The maximum Gasteiger partial charge on any atom is 0.238 e. The van der Waals surface area contributed by atoms with Crippen molar-refractivity contribution in [2.75, 3.05) is 0 Å². The van der Waals surface area contributed by atoms with Gasteiger partial charge in [-0.25, -0.2) is 24.4 Å². The van der Waals surface area contributed by atoms with Crippen LogP contribution in [-0.4, -0.2) is 23.2 Å². The van der Waals surface area contributed by atoms with Gasteiger partial charge in [-0.05, 0) is 23.8 Å². The number of hydrazine groups is 3. The molecule has 1 saturated heterocycles. The summed E-state index contributed by atoms with van der Waals surface area (Å²) in [6.45, 7) is 0. The normalized spacial score (nSPS) is 16.0. The van der Waals surface area contributed by atoms with Crippen LogP contribution in [0.2, 0.25) is 0 Å². The Kier molecular flexibility index (Phi) is 3.53. The Morgan fingerprint density at radius 1 is 1.04 bits per heavy atom. The Morgan fingerprint density at radius 2 is 1.83 bits per heavy atom. The van der Waals surface area contributed by atoms with Crippen molar-refractivity contribution in [3.8, 4) is 11.1 Å². The molecule has 0 unspecified atom stereocenters. The van der Waals surface area contributed by atoms with Crippen molar-refractivity contribution in [2.24, 2.45) is 5.14 Å². The third-order valence-corrected chi connectivity index (χ3v) is 4.72. The van der Waals surface area contributed by atoms with Gasteiger partial charge in [-0.15, -0.1) is 0 Å². The number of sulfonamides is 1. The second kappa shape index (κ2) is 5.59. The van der Waals surface area contributed by atoms with E-state index in [1.54, 1.807) is 24.5 Å². The number of nitrogens with one attached hydrogen (secondary N) is 4. The highest BCUT2D eigenvalue weighted by atomic mass is 32.2. The lowest BCUT2D eigenvalue weighted by Crippen LogP contribution is -2.33. The van der Waals surface area contributed by atoms with Gasteiger partial charge in [-0.1, -0.05) is 12.1 Å². The number of fused-ring (bicyclic) bond motifs is 1. The van der Waals surface area contributed by atoms with Crippen LogP contribution in [-0.2, 0) is 10.0 Å². The molecule has 0 saturated carbocycles. The molecular weight excluding hydrogens is 332 g/mol. The summed E-state index contributed by atoms with van der Waals surface area (Å²) >= 11 is 0. The van der Waals surface area contributed by atoms with E-state index in [1.165, 1.54) is 10.7 Å². The fourth-order valence-corrected chi connectivity index (χ4v) is 3.56. The quantitative estimate of drug-likeness (QED) is 0.414. The summed E-state index contributed by atoms with van der Waals surface area (Å²) in [5, 5.41) is 13.7. The molecule has 11 heteroatoms. The third-order valence-electron chi connectivity index (χ3n) is 3.75. The van der Waals surface area contributed by atoms with Crippen LogP contribution in [0.3, 0.4) is 0 Å². The minimum atomic E-state index is -3.92. The Hall–Kier alpha value is -2.41. The minimum absolute atomic E-state index is 0.0266. The van der Waals surface area contributed by atoms with Crippen molar-refractivity contribution in [3.05, 3.63) is 48.3 Å². The maximum atomic E-state index is 12.0. The first-order valence-electron chi connectivity index (χ1n) is 7.02. The molecule has 24 heavy (non-hydrogen) atoms. The van der Waals surface area contributed by atoms with Gasteiger partial charge in [0.05, 0.1) is 16.6 Å². The van der Waals surface area contributed by atoms with Crippen LogP contribution in [0, 0.1) is 0 Å². The van der Waals surface area contributed by atoms with Gasteiger partial charge in [0, 0.05) is 17.3 Å². The highest BCUT2D eigenvalue weighted by molar-refractivity contribution is 7.89. The van der Waals surface area contributed by atoms with Crippen LogP contribution in [0.4, 0.5) is 0 Å². The molecule has 0 aliphatic carbocycles. The van der Waals surface area contributed by atoms with Crippen LogP contribution in [0.15, 0.2) is 47.6 Å². The van der Waals surface area contributed by atoms with Crippen molar-refractivity contribution < 1.29 is 8.42 Å². The molecule has 6 N–H and O–H groups in total. The maximum absolute atomic E-state index is 12.0. The molecule has 0 radical (unpaired) electrons. The fourth-order valence-electron chi connectivity index (χ4n) is 2.76. The highest BCUT2D eigenvalue weighted by Gasteiger charge is 2.27. The Labute approximate surface area is 137 Å². The van der Waals surface area contributed by atoms with Crippen LogP contribution < -0.4 is 27.1 Å². The summed E-state index contributed by atoms with van der Waals surface area (Å²) in [6, 6.07) is 8.58. The standard InChI is InChI=1S/C13H14N8O2S/c14-24(22,23)11-5-1-3-8(12(11)13-17-19-20-18-13)9-7-16-21-10(9)4-2-6-15-21/h1-7,13,17-20H,(H2,14,22,23).